The van der Waals surface area contributed by atoms with Crippen molar-refractivity contribution in [1.29, 1.82) is 0 Å². The molecule has 0 unspecified atom stereocenters. The van der Waals surface area contributed by atoms with Gasteiger partial charge in [-0.15, -0.1) is 0 Å². The Morgan fingerprint density at radius 3 is 2.43 bits per heavy atom. The number of carboxylic acid groups (broad SMARTS) is 1. The number of nitrogens with two attached hydrogens (primary N) is 1. The molecule has 4 N–H and O–H groups in total. The molecule has 0 aliphatic carbocycles. The first-order chi connectivity index (χ1) is 10.8. The average Bonchev–Trinajstić information content (AvgIpc) is 2.52. The van der Waals surface area contributed by atoms with Crippen molar-refractivity contribution < 1.29 is 24.2 Å². The minimum atomic E-state index is -1.13. The third-order valence-electron chi connectivity index (χ3n) is 3.16. The second-order valence-electron chi connectivity index (χ2n) is 5.02. The highest BCUT2D eigenvalue weighted by Crippen LogP contribution is 2.11. The molecule has 23 heavy (non-hydrogen) atoms. The van der Waals surface area contributed by atoms with Gasteiger partial charge < -0.3 is 25.8 Å². The Labute approximate surface area is 134 Å². The van der Waals surface area contributed by atoms with Crippen molar-refractivity contribution in [3.8, 4) is 5.75 Å². The fraction of sp³-hybridized carbons (Fsp3) is 0.400. The highest BCUT2D eigenvalue weighted by Gasteiger charge is 2.20. The minimum absolute atomic E-state index is 0.252. The number of rotatable bonds is 8. The van der Waals surface area contributed by atoms with Crippen LogP contribution in [0.1, 0.15) is 12.0 Å². The summed E-state index contributed by atoms with van der Waals surface area (Å²) < 4.78 is 5.04. The predicted molar refractivity (Wildman–Crippen MR) is 82.7 cm³/mol. The number of aliphatic carboxylic acids is 1. The summed E-state index contributed by atoms with van der Waals surface area (Å²) >= 11 is 0. The maximum absolute atomic E-state index is 11.9. The Morgan fingerprint density at radius 2 is 1.91 bits per heavy atom. The highest BCUT2D eigenvalue weighted by atomic mass is 16.5. The van der Waals surface area contributed by atoms with Crippen LogP contribution in [-0.4, -0.2) is 54.5 Å². The van der Waals surface area contributed by atoms with Crippen LogP contribution in [0.25, 0.3) is 0 Å². The monoisotopic (exact) mass is 323 g/mol. The number of methoxy groups -OCH3 is 1. The molecule has 0 heterocycles. The lowest BCUT2D eigenvalue weighted by Gasteiger charge is -2.17. The topological polar surface area (TPSA) is 122 Å². The number of amides is 2. The summed E-state index contributed by atoms with van der Waals surface area (Å²) in [4.78, 5) is 35.1. The molecule has 0 aliphatic heterocycles. The molecule has 0 aromatic heterocycles. The molecule has 0 saturated heterocycles. The van der Waals surface area contributed by atoms with E-state index in [1.165, 1.54) is 7.05 Å². The molecule has 0 spiro atoms. The molecule has 1 atom stereocenters. The van der Waals surface area contributed by atoms with Crippen LogP contribution in [0.15, 0.2) is 24.3 Å². The van der Waals surface area contributed by atoms with Gasteiger partial charge in [-0.2, -0.15) is 0 Å². The molecule has 1 aromatic rings. The number of carbonyl (C=O) groups excluding carboxylic acids is 2. The molecule has 2 amide bonds. The number of benzene rings is 1. The molecule has 0 radical (unpaired) electrons. The smallest absolute Gasteiger partial charge is 0.323 e. The lowest BCUT2D eigenvalue weighted by molar-refractivity contribution is -0.143. The van der Waals surface area contributed by atoms with Gasteiger partial charge in [-0.05, 0) is 17.7 Å². The molecular weight excluding hydrogens is 302 g/mol. The van der Waals surface area contributed by atoms with Gasteiger partial charge in [-0.1, -0.05) is 12.1 Å². The molecule has 8 nitrogen and oxygen atoms in total. The zero-order valence-electron chi connectivity index (χ0n) is 13.1. The summed E-state index contributed by atoms with van der Waals surface area (Å²) in [5, 5.41) is 11.2. The summed E-state index contributed by atoms with van der Waals surface area (Å²) in [5.41, 5.74) is 6.53. The Morgan fingerprint density at radius 1 is 1.30 bits per heavy atom. The first kappa shape index (κ1) is 18.4. The minimum Gasteiger partial charge on any atom is -0.497 e. The molecule has 0 saturated carbocycles. The number of ether oxygens (including phenoxy) is 1. The first-order valence-corrected chi connectivity index (χ1v) is 6.95. The van der Waals surface area contributed by atoms with E-state index in [1.807, 2.05) is 0 Å². The Hall–Kier alpha value is -2.61. The Kier molecular flexibility index (Phi) is 7.01. The van der Waals surface area contributed by atoms with E-state index in [0.717, 1.165) is 10.5 Å². The van der Waals surface area contributed by atoms with Crippen LogP contribution in [-0.2, 0) is 20.9 Å². The fourth-order valence-corrected chi connectivity index (χ4v) is 1.79. The first-order valence-electron chi connectivity index (χ1n) is 6.95. The SMILES string of the molecule is COc1ccc(CNC(=O)[C@@H](N)CC(=O)N(C)CC(=O)O)cc1. The van der Waals surface area contributed by atoms with Gasteiger partial charge in [0.2, 0.25) is 11.8 Å². The van der Waals surface area contributed by atoms with Crippen molar-refractivity contribution in [3.63, 3.8) is 0 Å². The van der Waals surface area contributed by atoms with Gasteiger partial charge in [0, 0.05) is 13.6 Å². The predicted octanol–water partition coefficient (Wildman–Crippen LogP) is -0.428. The standard InChI is InChI=1S/C15H21N3O5/c1-18(9-14(20)21)13(19)7-12(16)15(22)17-8-10-3-5-11(23-2)6-4-10/h3-6,12H,7-9,16H2,1-2H3,(H,17,22)(H,20,21)/t12-/m0/s1. The summed E-state index contributed by atoms with van der Waals surface area (Å²) in [6.07, 6.45) is -0.252. The van der Waals surface area contributed by atoms with E-state index in [-0.39, 0.29) is 13.0 Å². The second kappa shape index (κ2) is 8.74. The van der Waals surface area contributed by atoms with E-state index in [1.54, 1.807) is 31.4 Å². The summed E-state index contributed by atoms with van der Waals surface area (Å²) in [5.74, 6) is -1.39. The zero-order chi connectivity index (χ0) is 17.4. The van der Waals surface area contributed by atoms with Crippen molar-refractivity contribution in [3.05, 3.63) is 29.8 Å². The maximum Gasteiger partial charge on any atom is 0.323 e. The molecule has 8 heteroatoms. The summed E-state index contributed by atoms with van der Waals surface area (Å²) in [6.45, 7) is -0.158. The number of hydrogen-bond donors (Lipinski definition) is 3. The molecule has 0 bridgehead atoms. The quantitative estimate of drug-likeness (QED) is 0.597. The lowest BCUT2D eigenvalue weighted by atomic mass is 10.1. The molecule has 0 aliphatic rings. The number of likely N-dealkylation sites (N-methyl/N-ethyl adjacent to an activating group) is 1. The molecule has 1 rings (SSSR count). The number of carboxylic acids is 1. The second-order valence-corrected chi connectivity index (χ2v) is 5.02. The highest BCUT2D eigenvalue weighted by molar-refractivity contribution is 5.89. The van der Waals surface area contributed by atoms with Gasteiger partial charge in [-0.25, -0.2) is 0 Å². The van der Waals surface area contributed by atoms with Crippen molar-refractivity contribution in [1.82, 2.24) is 10.2 Å². The van der Waals surface area contributed by atoms with Crippen LogP contribution >= 0.6 is 0 Å². The van der Waals surface area contributed by atoms with Crippen molar-refractivity contribution in [2.45, 2.75) is 19.0 Å². The van der Waals surface area contributed by atoms with E-state index in [9.17, 15) is 14.4 Å². The molecule has 0 fully saturated rings. The van der Waals surface area contributed by atoms with Gasteiger partial charge in [0.1, 0.15) is 12.3 Å². The van der Waals surface area contributed by atoms with Crippen LogP contribution in [0.2, 0.25) is 0 Å². The van der Waals surface area contributed by atoms with Crippen molar-refractivity contribution in [2.75, 3.05) is 20.7 Å². The van der Waals surface area contributed by atoms with E-state index >= 15 is 0 Å². The van der Waals surface area contributed by atoms with Crippen LogP contribution in [0.5, 0.6) is 5.75 Å². The van der Waals surface area contributed by atoms with Gasteiger partial charge in [-0.3, -0.25) is 14.4 Å². The van der Waals surface area contributed by atoms with Gasteiger partial charge in [0.05, 0.1) is 19.6 Å². The molecule has 1 aromatic carbocycles. The maximum atomic E-state index is 11.9. The third-order valence-corrected chi connectivity index (χ3v) is 3.16. The van der Waals surface area contributed by atoms with Crippen LogP contribution < -0.4 is 15.8 Å². The molecular formula is C15H21N3O5. The van der Waals surface area contributed by atoms with Crippen molar-refractivity contribution >= 4 is 17.8 Å². The summed E-state index contributed by atoms with van der Waals surface area (Å²) in [7, 11) is 2.91. The van der Waals surface area contributed by atoms with E-state index in [0.29, 0.717) is 5.75 Å². The van der Waals surface area contributed by atoms with Gasteiger partial charge in [0.15, 0.2) is 0 Å². The van der Waals surface area contributed by atoms with Crippen LogP contribution in [0, 0.1) is 0 Å². The Balaban J connectivity index is 2.43. The third kappa shape index (κ3) is 6.35. The number of hydrogen-bond acceptors (Lipinski definition) is 5. The van der Waals surface area contributed by atoms with Crippen molar-refractivity contribution in [2.24, 2.45) is 5.73 Å². The number of carbonyl (C=O) groups is 3. The van der Waals surface area contributed by atoms with Gasteiger partial charge in [0.25, 0.3) is 0 Å². The summed E-state index contributed by atoms with van der Waals surface area (Å²) in [6, 6.07) is 6.11. The number of nitrogens with one attached hydrogen (secondary N) is 1. The average molecular weight is 323 g/mol. The largest absolute Gasteiger partial charge is 0.497 e. The van der Waals surface area contributed by atoms with E-state index in [4.69, 9.17) is 15.6 Å². The Bertz CT molecular complexity index is 559. The van der Waals surface area contributed by atoms with E-state index in [2.05, 4.69) is 5.32 Å². The van der Waals surface area contributed by atoms with Crippen LogP contribution in [0.3, 0.4) is 0 Å². The molecule has 126 valence electrons. The zero-order valence-corrected chi connectivity index (χ0v) is 13.1. The van der Waals surface area contributed by atoms with Gasteiger partial charge >= 0.3 is 5.97 Å². The van der Waals surface area contributed by atoms with E-state index < -0.39 is 30.4 Å². The normalized spacial score (nSPS) is 11.4. The fourth-order valence-electron chi connectivity index (χ4n) is 1.79. The lowest BCUT2D eigenvalue weighted by Crippen LogP contribution is -2.44. The van der Waals surface area contributed by atoms with Crippen LogP contribution in [0.4, 0.5) is 0 Å². The number of nitrogens with zero attached hydrogens (tertiary/aromatic N) is 1.